The van der Waals surface area contributed by atoms with Crippen molar-refractivity contribution in [3.8, 4) is 5.75 Å². The van der Waals surface area contributed by atoms with Gasteiger partial charge in [-0.1, -0.05) is 25.1 Å². The summed E-state index contributed by atoms with van der Waals surface area (Å²) in [5.41, 5.74) is 4.20. The van der Waals surface area contributed by atoms with Crippen molar-refractivity contribution in [2.45, 2.75) is 44.3 Å². The van der Waals surface area contributed by atoms with E-state index in [1.54, 1.807) is 17.8 Å². The van der Waals surface area contributed by atoms with Crippen LogP contribution in [0.25, 0.3) is 6.08 Å². The van der Waals surface area contributed by atoms with E-state index < -0.39 is 0 Å². The number of aromatic nitrogens is 1. The van der Waals surface area contributed by atoms with Gasteiger partial charge in [-0.15, -0.1) is 11.8 Å². The SMILES string of the molecule is CCCOc1ccc(CSc2c(C)cccc2C)nc1/C=C/C(=O)NCCCNC. The van der Waals surface area contributed by atoms with Gasteiger partial charge in [0.05, 0.1) is 12.3 Å². The third-order valence-electron chi connectivity index (χ3n) is 4.47. The number of carbonyl (C=O) groups is 1. The van der Waals surface area contributed by atoms with Crippen molar-refractivity contribution in [2.75, 3.05) is 26.7 Å². The molecule has 30 heavy (non-hydrogen) atoms. The van der Waals surface area contributed by atoms with Crippen molar-refractivity contribution >= 4 is 23.7 Å². The van der Waals surface area contributed by atoms with Crippen LogP contribution in [-0.4, -0.2) is 37.6 Å². The number of ether oxygens (including phenoxy) is 1. The zero-order valence-electron chi connectivity index (χ0n) is 18.5. The fourth-order valence-electron chi connectivity index (χ4n) is 2.90. The first kappa shape index (κ1) is 24.0. The number of benzene rings is 1. The molecule has 6 heteroatoms. The molecule has 0 fully saturated rings. The molecule has 2 N–H and O–H groups in total. The van der Waals surface area contributed by atoms with Gasteiger partial charge in [-0.2, -0.15) is 0 Å². The van der Waals surface area contributed by atoms with E-state index in [2.05, 4.69) is 49.6 Å². The summed E-state index contributed by atoms with van der Waals surface area (Å²) in [6, 6.07) is 10.3. The van der Waals surface area contributed by atoms with E-state index in [-0.39, 0.29) is 5.91 Å². The van der Waals surface area contributed by atoms with E-state index >= 15 is 0 Å². The quantitative estimate of drug-likeness (QED) is 0.296. The Hall–Kier alpha value is -2.31. The molecule has 2 aromatic rings. The van der Waals surface area contributed by atoms with Crippen molar-refractivity contribution in [3.05, 3.63) is 58.9 Å². The predicted molar refractivity (Wildman–Crippen MR) is 126 cm³/mol. The lowest BCUT2D eigenvalue weighted by Gasteiger charge is -2.11. The van der Waals surface area contributed by atoms with Crippen LogP contribution in [0.15, 0.2) is 41.3 Å². The average Bonchev–Trinajstić information content (AvgIpc) is 2.74. The molecule has 5 nitrogen and oxygen atoms in total. The lowest BCUT2D eigenvalue weighted by Crippen LogP contribution is -2.24. The Bertz CT molecular complexity index is 832. The number of nitrogens with zero attached hydrogens (tertiary/aromatic N) is 1. The van der Waals surface area contributed by atoms with Crippen LogP contribution in [0.5, 0.6) is 5.75 Å². The maximum atomic E-state index is 12.1. The Morgan fingerprint density at radius 3 is 2.63 bits per heavy atom. The maximum Gasteiger partial charge on any atom is 0.244 e. The zero-order chi connectivity index (χ0) is 21.8. The minimum absolute atomic E-state index is 0.121. The molecule has 0 radical (unpaired) electrons. The summed E-state index contributed by atoms with van der Waals surface area (Å²) >= 11 is 1.79. The van der Waals surface area contributed by atoms with Gasteiger partial charge >= 0.3 is 0 Å². The molecule has 1 aromatic heterocycles. The topological polar surface area (TPSA) is 63.2 Å². The number of pyridine rings is 1. The average molecular weight is 428 g/mol. The minimum atomic E-state index is -0.121. The molecule has 0 aliphatic carbocycles. The van der Waals surface area contributed by atoms with Gasteiger partial charge in [-0.25, -0.2) is 4.98 Å². The van der Waals surface area contributed by atoms with Crippen LogP contribution >= 0.6 is 11.8 Å². The molecule has 1 heterocycles. The summed E-state index contributed by atoms with van der Waals surface area (Å²) in [4.78, 5) is 18.1. The normalized spacial score (nSPS) is 11.1. The van der Waals surface area contributed by atoms with Crippen LogP contribution in [0.1, 0.15) is 42.3 Å². The first-order valence-electron chi connectivity index (χ1n) is 10.5. The zero-order valence-corrected chi connectivity index (χ0v) is 19.3. The van der Waals surface area contributed by atoms with Gasteiger partial charge in [-0.3, -0.25) is 4.79 Å². The van der Waals surface area contributed by atoms with Crippen LogP contribution in [0.4, 0.5) is 0 Å². The number of amides is 1. The second-order valence-electron chi connectivity index (χ2n) is 7.13. The van der Waals surface area contributed by atoms with E-state index in [0.29, 0.717) is 24.6 Å². The molecule has 0 aliphatic heterocycles. The van der Waals surface area contributed by atoms with Crippen molar-refractivity contribution < 1.29 is 9.53 Å². The smallest absolute Gasteiger partial charge is 0.244 e. The standard InChI is InChI=1S/C24H33N3O2S/c1-5-16-29-22-12-10-20(17-30-24-18(2)8-6-9-19(24)3)27-21(22)11-13-23(28)26-15-7-14-25-4/h6,8-13,25H,5,7,14-17H2,1-4H3,(H,26,28)/b13-11+. The lowest BCUT2D eigenvalue weighted by molar-refractivity contribution is -0.116. The number of hydrogen-bond donors (Lipinski definition) is 2. The van der Waals surface area contributed by atoms with Crippen LogP contribution < -0.4 is 15.4 Å². The molecule has 0 saturated heterocycles. The van der Waals surface area contributed by atoms with Gasteiger partial charge in [0.15, 0.2) is 0 Å². The van der Waals surface area contributed by atoms with E-state index in [4.69, 9.17) is 9.72 Å². The Kier molecular flexibility index (Phi) is 10.5. The molecule has 1 amide bonds. The highest BCUT2D eigenvalue weighted by molar-refractivity contribution is 7.98. The van der Waals surface area contributed by atoms with Crippen molar-refractivity contribution in [2.24, 2.45) is 0 Å². The molecule has 0 unspecified atom stereocenters. The fraction of sp³-hybridized carbons (Fsp3) is 0.417. The molecule has 2 rings (SSSR count). The summed E-state index contributed by atoms with van der Waals surface area (Å²) < 4.78 is 5.83. The minimum Gasteiger partial charge on any atom is -0.491 e. The second kappa shape index (κ2) is 13.1. The van der Waals surface area contributed by atoms with E-state index in [9.17, 15) is 4.79 Å². The number of thioether (sulfide) groups is 1. The monoisotopic (exact) mass is 427 g/mol. The second-order valence-corrected chi connectivity index (χ2v) is 8.11. The third kappa shape index (κ3) is 7.84. The lowest BCUT2D eigenvalue weighted by atomic mass is 10.2. The van der Waals surface area contributed by atoms with Gasteiger partial charge in [-0.05, 0) is 69.6 Å². The number of nitrogens with one attached hydrogen (secondary N) is 2. The molecule has 0 spiro atoms. The van der Waals surface area contributed by atoms with E-state index in [1.807, 2.05) is 19.2 Å². The van der Waals surface area contributed by atoms with Gasteiger partial charge in [0.2, 0.25) is 5.91 Å². The molecule has 0 saturated carbocycles. The molecule has 162 valence electrons. The highest BCUT2D eigenvalue weighted by atomic mass is 32.2. The van der Waals surface area contributed by atoms with Gasteiger partial charge in [0.1, 0.15) is 11.4 Å². The van der Waals surface area contributed by atoms with Gasteiger partial charge < -0.3 is 15.4 Å². The summed E-state index contributed by atoms with van der Waals surface area (Å²) in [6.07, 6.45) is 5.08. The first-order valence-corrected chi connectivity index (χ1v) is 11.5. The molecule has 0 aliphatic rings. The van der Waals surface area contributed by atoms with Crippen LogP contribution in [0.3, 0.4) is 0 Å². The van der Waals surface area contributed by atoms with E-state index in [0.717, 1.165) is 30.8 Å². The Labute approximate surface area is 184 Å². The largest absolute Gasteiger partial charge is 0.491 e. The number of hydrogen-bond acceptors (Lipinski definition) is 5. The van der Waals surface area contributed by atoms with Crippen molar-refractivity contribution in [3.63, 3.8) is 0 Å². The first-order chi connectivity index (χ1) is 14.5. The summed E-state index contributed by atoms with van der Waals surface area (Å²) in [5.74, 6) is 1.35. The van der Waals surface area contributed by atoms with Crippen molar-refractivity contribution in [1.29, 1.82) is 0 Å². The molecule has 0 atom stereocenters. The molecule has 0 bridgehead atoms. The number of carbonyl (C=O) groups excluding carboxylic acids is 1. The molecular formula is C24H33N3O2S. The fourth-order valence-corrected chi connectivity index (χ4v) is 3.95. The van der Waals surface area contributed by atoms with E-state index in [1.165, 1.54) is 22.1 Å². The highest BCUT2D eigenvalue weighted by Gasteiger charge is 2.08. The van der Waals surface area contributed by atoms with Crippen LogP contribution in [0.2, 0.25) is 0 Å². The highest BCUT2D eigenvalue weighted by Crippen LogP contribution is 2.29. The summed E-state index contributed by atoms with van der Waals surface area (Å²) in [5, 5.41) is 5.95. The van der Waals surface area contributed by atoms with Gasteiger partial charge in [0, 0.05) is 23.3 Å². The maximum absolute atomic E-state index is 12.1. The molecular weight excluding hydrogens is 394 g/mol. The van der Waals surface area contributed by atoms with Crippen molar-refractivity contribution in [1.82, 2.24) is 15.6 Å². The third-order valence-corrected chi connectivity index (χ3v) is 5.85. The Morgan fingerprint density at radius 1 is 1.17 bits per heavy atom. The summed E-state index contributed by atoms with van der Waals surface area (Å²) in [7, 11) is 1.90. The number of aryl methyl sites for hydroxylation is 2. The summed E-state index contributed by atoms with van der Waals surface area (Å²) in [6.45, 7) is 8.47. The molecule has 1 aromatic carbocycles. The Balaban J connectivity index is 2.10. The van der Waals surface area contributed by atoms with Gasteiger partial charge in [0.25, 0.3) is 0 Å². The predicted octanol–water partition coefficient (Wildman–Crippen LogP) is 4.52. The van der Waals surface area contributed by atoms with Crippen LogP contribution in [0, 0.1) is 13.8 Å². The Morgan fingerprint density at radius 2 is 1.93 bits per heavy atom. The number of rotatable bonds is 12. The van der Waals surface area contributed by atoms with Crippen LogP contribution in [-0.2, 0) is 10.5 Å².